The molecule has 0 saturated carbocycles. The van der Waals surface area contributed by atoms with E-state index in [-0.39, 0.29) is 17.4 Å². The Kier molecular flexibility index (Phi) is 4.84. The molecule has 1 aromatic rings. The van der Waals surface area contributed by atoms with Crippen LogP contribution in [0.3, 0.4) is 0 Å². The topological polar surface area (TPSA) is 64.4 Å². The van der Waals surface area contributed by atoms with E-state index in [4.69, 9.17) is 4.74 Å². The quantitative estimate of drug-likeness (QED) is 0.615. The van der Waals surface area contributed by atoms with E-state index in [1.807, 2.05) is 6.92 Å². The van der Waals surface area contributed by atoms with E-state index in [0.29, 0.717) is 13.2 Å². The van der Waals surface area contributed by atoms with E-state index in [9.17, 15) is 14.5 Å². The van der Waals surface area contributed by atoms with Gasteiger partial charge in [0, 0.05) is 18.7 Å². The molecule has 0 aliphatic rings. The Labute approximate surface area is 98.7 Å². The number of halogens is 1. The minimum Gasteiger partial charge on any atom is -0.380 e. The summed E-state index contributed by atoms with van der Waals surface area (Å²) in [7, 11) is 0. The molecule has 1 aromatic carbocycles. The fourth-order valence-electron chi connectivity index (χ4n) is 1.39. The number of nitro benzene ring substituents is 1. The van der Waals surface area contributed by atoms with Gasteiger partial charge in [0.1, 0.15) is 5.69 Å². The molecule has 6 heteroatoms. The van der Waals surface area contributed by atoms with Crippen molar-refractivity contribution in [3.8, 4) is 0 Å². The molecular weight excluding hydrogens is 227 g/mol. The lowest BCUT2D eigenvalue weighted by Crippen LogP contribution is -2.22. The van der Waals surface area contributed by atoms with Crippen molar-refractivity contribution in [2.45, 2.75) is 19.9 Å². The summed E-state index contributed by atoms with van der Waals surface area (Å²) >= 11 is 0. The van der Waals surface area contributed by atoms with Crippen molar-refractivity contribution in [1.29, 1.82) is 0 Å². The average molecular weight is 242 g/mol. The normalized spacial score (nSPS) is 12.2. The highest BCUT2D eigenvalue weighted by molar-refractivity contribution is 5.62. The summed E-state index contributed by atoms with van der Waals surface area (Å²) in [4.78, 5) is 10.1. The molecule has 0 radical (unpaired) electrons. The first kappa shape index (κ1) is 13.4. The molecule has 0 aliphatic carbocycles. The van der Waals surface area contributed by atoms with Crippen LogP contribution in [0.15, 0.2) is 18.2 Å². The number of para-hydroxylation sites is 1. The van der Waals surface area contributed by atoms with Gasteiger partial charge in [-0.25, -0.2) is 4.39 Å². The van der Waals surface area contributed by atoms with Gasteiger partial charge in [0.2, 0.25) is 0 Å². The van der Waals surface area contributed by atoms with Gasteiger partial charge in [-0.05, 0) is 19.9 Å². The lowest BCUT2D eigenvalue weighted by Gasteiger charge is -2.15. The lowest BCUT2D eigenvalue weighted by molar-refractivity contribution is -0.384. The fraction of sp³-hybridized carbons (Fsp3) is 0.455. The second-order valence-electron chi connectivity index (χ2n) is 3.60. The molecule has 0 fully saturated rings. The van der Waals surface area contributed by atoms with Crippen molar-refractivity contribution in [2.24, 2.45) is 0 Å². The number of hydrogen-bond donors (Lipinski definition) is 1. The highest BCUT2D eigenvalue weighted by atomic mass is 19.1. The smallest absolute Gasteiger partial charge is 0.295 e. The minimum atomic E-state index is -0.637. The van der Waals surface area contributed by atoms with Crippen LogP contribution in [0.1, 0.15) is 13.8 Å². The number of ether oxygens (including phenoxy) is 1. The zero-order chi connectivity index (χ0) is 12.8. The maximum atomic E-state index is 13.5. The predicted molar refractivity (Wildman–Crippen MR) is 62.6 cm³/mol. The van der Waals surface area contributed by atoms with Crippen LogP contribution in [0, 0.1) is 15.9 Å². The van der Waals surface area contributed by atoms with E-state index in [1.54, 1.807) is 6.92 Å². The van der Waals surface area contributed by atoms with Gasteiger partial charge in [-0.15, -0.1) is 0 Å². The number of anilines is 1. The van der Waals surface area contributed by atoms with Crippen LogP contribution < -0.4 is 5.32 Å². The van der Waals surface area contributed by atoms with Gasteiger partial charge in [-0.3, -0.25) is 10.1 Å². The van der Waals surface area contributed by atoms with Gasteiger partial charge >= 0.3 is 0 Å². The van der Waals surface area contributed by atoms with E-state index in [0.717, 1.165) is 0 Å². The second-order valence-corrected chi connectivity index (χ2v) is 3.60. The lowest BCUT2D eigenvalue weighted by atomic mass is 10.2. The molecule has 5 nitrogen and oxygen atoms in total. The molecule has 0 saturated heterocycles. The second kappa shape index (κ2) is 6.15. The Hall–Kier alpha value is -1.69. The monoisotopic (exact) mass is 242 g/mol. The van der Waals surface area contributed by atoms with Crippen molar-refractivity contribution in [1.82, 2.24) is 0 Å². The molecule has 0 aromatic heterocycles. The van der Waals surface area contributed by atoms with Crippen LogP contribution in [0.4, 0.5) is 15.8 Å². The minimum absolute atomic E-state index is 0.0929. The summed E-state index contributed by atoms with van der Waals surface area (Å²) in [5.74, 6) is -0.637. The molecule has 17 heavy (non-hydrogen) atoms. The van der Waals surface area contributed by atoms with Crippen molar-refractivity contribution >= 4 is 11.4 Å². The van der Waals surface area contributed by atoms with Crippen molar-refractivity contribution < 1.29 is 14.1 Å². The van der Waals surface area contributed by atoms with E-state index < -0.39 is 10.7 Å². The molecule has 0 bridgehead atoms. The van der Waals surface area contributed by atoms with Gasteiger partial charge in [0.05, 0.1) is 11.5 Å². The number of nitrogens with zero attached hydrogens (tertiary/aromatic N) is 1. The number of benzene rings is 1. The Balaban J connectivity index is 2.85. The van der Waals surface area contributed by atoms with E-state index in [2.05, 4.69) is 5.32 Å². The molecule has 1 unspecified atom stereocenters. The average Bonchev–Trinajstić information content (AvgIpc) is 2.28. The molecule has 94 valence electrons. The molecule has 1 N–H and O–H groups in total. The van der Waals surface area contributed by atoms with Crippen LogP contribution in [0.25, 0.3) is 0 Å². The number of rotatable bonds is 6. The standard InChI is InChI=1S/C11H15FN2O3/c1-3-17-7-8(2)13-11-9(12)5-4-6-10(11)14(15)16/h4-6,8,13H,3,7H2,1-2H3. The van der Waals surface area contributed by atoms with Gasteiger partial charge in [0.25, 0.3) is 5.69 Å². The summed E-state index contributed by atoms with van der Waals surface area (Å²) in [6.07, 6.45) is 0. The SMILES string of the molecule is CCOCC(C)Nc1c(F)cccc1[N+](=O)[O-]. The number of hydrogen-bond acceptors (Lipinski definition) is 4. The van der Waals surface area contributed by atoms with Crippen molar-refractivity contribution in [3.05, 3.63) is 34.1 Å². The van der Waals surface area contributed by atoms with Crippen molar-refractivity contribution in [3.63, 3.8) is 0 Å². The Bertz CT molecular complexity index is 398. The molecule has 0 aliphatic heterocycles. The molecule has 0 amide bonds. The van der Waals surface area contributed by atoms with Gasteiger partial charge in [-0.1, -0.05) is 6.07 Å². The predicted octanol–water partition coefficient (Wildman–Crippen LogP) is 2.57. The van der Waals surface area contributed by atoms with Crippen LogP contribution in [-0.2, 0) is 4.74 Å². The highest BCUT2D eigenvalue weighted by Gasteiger charge is 2.19. The third-order valence-electron chi connectivity index (χ3n) is 2.15. The maximum Gasteiger partial charge on any atom is 0.295 e. The fourth-order valence-corrected chi connectivity index (χ4v) is 1.39. The molecule has 0 spiro atoms. The van der Waals surface area contributed by atoms with Crippen LogP contribution >= 0.6 is 0 Å². The molecule has 1 atom stereocenters. The summed E-state index contributed by atoms with van der Waals surface area (Å²) in [5, 5.41) is 13.5. The first-order valence-corrected chi connectivity index (χ1v) is 5.33. The van der Waals surface area contributed by atoms with Crippen molar-refractivity contribution in [2.75, 3.05) is 18.5 Å². The largest absolute Gasteiger partial charge is 0.380 e. The number of nitro groups is 1. The Morgan fingerprint density at radius 3 is 2.88 bits per heavy atom. The third-order valence-corrected chi connectivity index (χ3v) is 2.15. The van der Waals surface area contributed by atoms with Gasteiger partial charge in [0.15, 0.2) is 5.82 Å². The summed E-state index contributed by atoms with van der Waals surface area (Å²) in [6.45, 7) is 4.53. The van der Waals surface area contributed by atoms with Crippen LogP contribution in [0.2, 0.25) is 0 Å². The maximum absolute atomic E-state index is 13.5. The van der Waals surface area contributed by atoms with Crippen LogP contribution in [-0.4, -0.2) is 24.2 Å². The third kappa shape index (κ3) is 3.67. The molecule has 0 heterocycles. The van der Waals surface area contributed by atoms with E-state index in [1.165, 1.54) is 18.2 Å². The summed E-state index contributed by atoms with van der Waals surface area (Å²) in [6, 6.07) is 3.55. The zero-order valence-electron chi connectivity index (χ0n) is 9.77. The first-order valence-electron chi connectivity index (χ1n) is 5.33. The van der Waals surface area contributed by atoms with Gasteiger partial charge in [-0.2, -0.15) is 0 Å². The molecule has 1 rings (SSSR count). The Morgan fingerprint density at radius 2 is 2.29 bits per heavy atom. The Morgan fingerprint density at radius 1 is 1.59 bits per heavy atom. The number of nitrogens with one attached hydrogen (secondary N) is 1. The highest BCUT2D eigenvalue weighted by Crippen LogP contribution is 2.27. The summed E-state index contributed by atoms with van der Waals surface area (Å²) in [5.41, 5.74) is -0.363. The van der Waals surface area contributed by atoms with Gasteiger partial charge < -0.3 is 10.1 Å². The summed E-state index contributed by atoms with van der Waals surface area (Å²) < 4.78 is 18.6. The van der Waals surface area contributed by atoms with E-state index >= 15 is 0 Å². The zero-order valence-corrected chi connectivity index (χ0v) is 9.77. The first-order chi connectivity index (χ1) is 8.06. The van der Waals surface area contributed by atoms with Crippen LogP contribution in [0.5, 0.6) is 0 Å². The molecular formula is C11H15FN2O3.